The average molecular weight is 606 g/mol. The minimum absolute atomic E-state index is 0.00467. The number of carbonyl (C=O) groups excluding carboxylic acids is 3. The molecule has 4 atom stereocenters. The number of benzene rings is 1. The Balaban J connectivity index is 1.46. The molecule has 236 valence electrons. The number of alkyl halides is 3. The lowest BCUT2D eigenvalue weighted by atomic mass is 9.84. The first-order chi connectivity index (χ1) is 20.6. The molecule has 1 aliphatic heterocycles. The molecule has 2 heterocycles. The molecule has 2 aliphatic rings. The SMILES string of the molecule is CC[C@H](C)[C@H](NC(=O)[C@H](CC1CCCCC1)NC(=O)c1ccno1)C(=O)N1CCCC(Nc2ccccc2C(F)(F)F)C1. The van der Waals surface area contributed by atoms with E-state index in [1.165, 1.54) is 24.4 Å². The topological polar surface area (TPSA) is 117 Å². The summed E-state index contributed by atoms with van der Waals surface area (Å²) in [5.74, 6) is -1.22. The van der Waals surface area contributed by atoms with Crippen molar-refractivity contribution >= 4 is 23.4 Å². The molecule has 1 saturated carbocycles. The van der Waals surface area contributed by atoms with E-state index in [1.807, 2.05) is 13.8 Å². The van der Waals surface area contributed by atoms with Crippen LogP contribution in [-0.4, -0.2) is 59.0 Å². The van der Waals surface area contributed by atoms with Gasteiger partial charge in [-0.05, 0) is 43.2 Å². The predicted molar refractivity (Wildman–Crippen MR) is 155 cm³/mol. The van der Waals surface area contributed by atoms with E-state index in [-0.39, 0.29) is 41.8 Å². The van der Waals surface area contributed by atoms with Gasteiger partial charge < -0.3 is 25.4 Å². The first-order valence-electron chi connectivity index (χ1n) is 15.3. The van der Waals surface area contributed by atoms with Crippen LogP contribution < -0.4 is 16.0 Å². The van der Waals surface area contributed by atoms with Gasteiger partial charge in [0.1, 0.15) is 12.1 Å². The summed E-state index contributed by atoms with van der Waals surface area (Å²) in [5.41, 5.74) is -0.770. The third-order valence-electron chi connectivity index (χ3n) is 8.68. The first-order valence-corrected chi connectivity index (χ1v) is 15.3. The zero-order valence-electron chi connectivity index (χ0n) is 24.8. The maximum atomic E-state index is 13.9. The molecule has 1 aromatic carbocycles. The van der Waals surface area contributed by atoms with Crippen molar-refractivity contribution in [1.82, 2.24) is 20.7 Å². The smallest absolute Gasteiger partial charge is 0.380 e. The van der Waals surface area contributed by atoms with Crippen molar-refractivity contribution in [1.29, 1.82) is 0 Å². The van der Waals surface area contributed by atoms with Crippen LogP contribution in [-0.2, 0) is 15.8 Å². The maximum Gasteiger partial charge on any atom is 0.418 e. The number of likely N-dealkylation sites (tertiary alicyclic amines) is 1. The van der Waals surface area contributed by atoms with Crippen molar-refractivity contribution in [2.75, 3.05) is 18.4 Å². The lowest BCUT2D eigenvalue weighted by molar-refractivity contribution is -0.139. The molecular formula is C31H42F3N5O4. The fourth-order valence-corrected chi connectivity index (χ4v) is 6.05. The third kappa shape index (κ3) is 8.73. The summed E-state index contributed by atoms with van der Waals surface area (Å²) in [6.45, 7) is 4.46. The highest BCUT2D eigenvalue weighted by molar-refractivity contribution is 5.96. The van der Waals surface area contributed by atoms with Gasteiger partial charge in [-0.2, -0.15) is 13.2 Å². The van der Waals surface area contributed by atoms with Gasteiger partial charge in [0, 0.05) is 30.9 Å². The van der Waals surface area contributed by atoms with Crippen LogP contribution in [0.4, 0.5) is 18.9 Å². The third-order valence-corrected chi connectivity index (χ3v) is 8.68. The van der Waals surface area contributed by atoms with E-state index >= 15 is 0 Å². The predicted octanol–water partition coefficient (Wildman–Crippen LogP) is 5.40. The van der Waals surface area contributed by atoms with Gasteiger partial charge in [-0.25, -0.2) is 0 Å². The second kappa shape index (κ2) is 14.7. The van der Waals surface area contributed by atoms with Crippen LogP contribution >= 0.6 is 0 Å². The molecule has 1 aromatic heterocycles. The number of carbonyl (C=O) groups is 3. The summed E-state index contributed by atoms with van der Waals surface area (Å²) in [6, 6.07) is 4.64. The van der Waals surface area contributed by atoms with Gasteiger partial charge in [-0.3, -0.25) is 14.4 Å². The highest BCUT2D eigenvalue weighted by Gasteiger charge is 2.37. The van der Waals surface area contributed by atoms with Crippen LogP contribution in [0.1, 0.15) is 87.8 Å². The zero-order chi connectivity index (χ0) is 31.0. The Morgan fingerprint density at radius 1 is 1.05 bits per heavy atom. The van der Waals surface area contributed by atoms with E-state index in [4.69, 9.17) is 4.52 Å². The zero-order valence-corrected chi connectivity index (χ0v) is 24.8. The minimum atomic E-state index is -4.50. The maximum absolute atomic E-state index is 13.9. The molecule has 12 heteroatoms. The number of hydrogen-bond acceptors (Lipinski definition) is 6. The van der Waals surface area contributed by atoms with Crippen molar-refractivity contribution in [3.63, 3.8) is 0 Å². The van der Waals surface area contributed by atoms with Crippen molar-refractivity contribution in [2.24, 2.45) is 11.8 Å². The van der Waals surface area contributed by atoms with E-state index in [0.29, 0.717) is 32.2 Å². The van der Waals surface area contributed by atoms with Crippen LogP contribution in [0.2, 0.25) is 0 Å². The number of halogens is 3. The van der Waals surface area contributed by atoms with Gasteiger partial charge in [-0.15, -0.1) is 0 Å². The Morgan fingerprint density at radius 2 is 1.79 bits per heavy atom. The van der Waals surface area contributed by atoms with E-state index in [9.17, 15) is 27.6 Å². The Labute approximate surface area is 250 Å². The van der Waals surface area contributed by atoms with Gasteiger partial charge in [-0.1, -0.05) is 69.7 Å². The van der Waals surface area contributed by atoms with Gasteiger partial charge in [0.25, 0.3) is 5.91 Å². The molecular weight excluding hydrogens is 563 g/mol. The molecule has 0 radical (unpaired) electrons. The van der Waals surface area contributed by atoms with Crippen molar-refractivity contribution in [2.45, 2.75) is 95.9 Å². The molecule has 9 nitrogen and oxygen atoms in total. The average Bonchev–Trinajstić information content (AvgIpc) is 3.55. The lowest BCUT2D eigenvalue weighted by Gasteiger charge is -2.37. The van der Waals surface area contributed by atoms with Gasteiger partial charge >= 0.3 is 6.18 Å². The number of piperidine rings is 1. The Kier molecular flexibility index (Phi) is 11.1. The molecule has 0 bridgehead atoms. The molecule has 1 aliphatic carbocycles. The summed E-state index contributed by atoms with van der Waals surface area (Å²) >= 11 is 0. The molecule has 4 rings (SSSR count). The fourth-order valence-electron chi connectivity index (χ4n) is 6.05. The van der Waals surface area contributed by atoms with E-state index in [1.54, 1.807) is 11.0 Å². The van der Waals surface area contributed by atoms with Gasteiger partial charge in [0.15, 0.2) is 0 Å². The van der Waals surface area contributed by atoms with Crippen molar-refractivity contribution in [3.05, 3.63) is 47.9 Å². The number of para-hydroxylation sites is 1. The van der Waals surface area contributed by atoms with Gasteiger partial charge in [0.05, 0.1) is 11.8 Å². The summed E-state index contributed by atoms with van der Waals surface area (Å²) in [6.07, 6.45) is 4.35. The molecule has 3 N–H and O–H groups in total. The van der Waals surface area contributed by atoms with E-state index < -0.39 is 35.6 Å². The number of amides is 3. The standard InChI is InChI=1S/C31H42F3N5O4/c1-3-20(2)27(30(42)39-17-9-12-22(19-39)36-24-14-8-7-13-23(24)31(32,33)34)38-28(40)25(18-21-10-5-4-6-11-21)37-29(41)26-15-16-35-43-26/h7-8,13-16,20-22,25,27,36H,3-6,9-12,17-19H2,1-2H3,(H,37,41)(H,38,40)/t20-,22?,25-,27-/m0/s1. The Morgan fingerprint density at radius 3 is 2.47 bits per heavy atom. The van der Waals surface area contributed by atoms with Crippen LogP contribution in [0.5, 0.6) is 0 Å². The molecule has 1 unspecified atom stereocenters. The highest BCUT2D eigenvalue weighted by Crippen LogP contribution is 2.35. The summed E-state index contributed by atoms with van der Waals surface area (Å²) in [4.78, 5) is 42.0. The second-order valence-corrected chi connectivity index (χ2v) is 11.8. The molecule has 43 heavy (non-hydrogen) atoms. The number of rotatable bonds is 11. The number of aromatic nitrogens is 1. The number of nitrogens with one attached hydrogen (secondary N) is 3. The Bertz CT molecular complexity index is 1220. The van der Waals surface area contributed by atoms with Crippen molar-refractivity contribution < 1.29 is 32.1 Å². The molecule has 2 fully saturated rings. The minimum Gasteiger partial charge on any atom is -0.380 e. The molecule has 1 saturated heterocycles. The largest absolute Gasteiger partial charge is 0.418 e. The number of anilines is 1. The van der Waals surface area contributed by atoms with Gasteiger partial charge in [0.2, 0.25) is 17.6 Å². The highest BCUT2D eigenvalue weighted by atomic mass is 19.4. The van der Waals surface area contributed by atoms with Crippen LogP contribution in [0.3, 0.4) is 0 Å². The number of nitrogens with zero attached hydrogens (tertiary/aromatic N) is 2. The molecule has 0 spiro atoms. The summed E-state index contributed by atoms with van der Waals surface area (Å²) in [5, 5.41) is 12.3. The molecule has 3 amide bonds. The van der Waals surface area contributed by atoms with Crippen molar-refractivity contribution in [3.8, 4) is 0 Å². The monoisotopic (exact) mass is 605 g/mol. The fraction of sp³-hybridized carbons (Fsp3) is 0.613. The first kappa shape index (κ1) is 32.3. The quantitative estimate of drug-likeness (QED) is 0.316. The second-order valence-electron chi connectivity index (χ2n) is 11.8. The molecule has 2 aromatic rings. The van der Waals surface area contributed by atoms with E-state index in [0.717, 1.165) is 38.2 Å². The van der Waals surface area contributed by atoms with Crippen LogP contribution in [0.15, 0.2) is 41.1 Å². The number of hydrogen-bond donors (Lipinski definition) is 3. The Hall–Kier alpha value is -3.57. The van der Waals surface area contributed by atoms with Crippen LogP contribution in [0, 0.1) is 11.8 Å². The summed E-state index contributed by atoms with van der Waals surface area (Å²) in [7, 11) is 0. The normalized spacial score (nSPS) is 20.1. The van der Waals surface area contributed by atoms with Crippen LogP contribution in [0.25, 0.3) is 0 Å². The lowest BCUT2D eigenvalue weighted by Crippen LogP contribution is -2.58. The summed E-state index contributed by atoms with van der Waals surface area (Å²) < 4.78 is 45.6. The van der Waals surface area contributed by atoms with E-state index in [2.05, 4.69) is 21.1 Å².